The van der Waals surface area contributed by atoms with Crippen molar-refractivity contribution in [3.8, 4) is 0 Å². The number of nitrogens with two attached hydrogens (primary N) is 1. The van der Waals surface area contributed by atoms with Crippen molar-refractivity contribution in [1.29, 1.82) is 0 Å². The first kappa shape index (κ1) is 14.9. The fourth-order valence-corrected chi connectivity index (χ4v) is 2.63. The first-order chi connectivity index (χ1) is 8.00. The van der Waals surface area contributed by atoms with Crippen LogP contribution in [-0.4, -0.2) is 43.3 Å². The number of nitrogens with zero attached hydrogens (tertiary/aromatic N) is 1. The zero-order valence-corrected chi connectivity index (χ0v) is 12.0. The highest BCUT2D eigenvalue weighted by Crippen LogP contribution is 2.35. The molecule has 1 aliphatic rings. The van der Waals surface area contributed by atoms with Gasteiger partial charge in [-0.15, -0.1) is 0 Å². The first-order valence-corrected chi connectivity index (χ1v) is 7.02. The van der Waals surface area contributed by atoms with Crippen LogP contribution in [0.1, 0.15) is 46.5 Å². The summed E-state index contributed by atoms with van der Waals surface area (Å²) in [7, 11) is 1.77. The molecule has 1 fully saturated rings. The standard InChI is InChI=1S/C14H30N2O/c1-5-8-14(3,15)11-16(9-10-17-4)12(2)13-6-7-13/h12-13H,5-11,15H2,1-4H3. The third-order valence-corrected chi connectivity index (χ3v) is 3.85. The van der Waals surface area contributed by atoms with E-state index in [0.29, 0.717) is 6.04 Å². The average Bonchev–Trinajstić information content (AvgIpc) is 3.06. The third kappa shape index (κ3) is 5.36. The quantitative estimate of drug-likeness (QED) is 0.674. The SMILES string of the molecule is CCCC(C)(N)CN(CCOC)C(C)C1CC1. The van der Waals surface area contributed by atoms with Gasteiger partial charge in [0, 0.05) is 31.8 Å². The second kappa shape index (κ2) is 6.72. The van der Waals surface area contributed by atoms with Gasteiger partial charge in [-0.05, 0) is 39.0 Å². The Balaban J connectivity index is 2.49. The lowest BCUT2D eigenvalue weighted by molar-refractivity contribution is 0.0970. The summed E-state index contributed by atoms with van der Waals surface area (Å²) in [6.07, 6.45) is 5.02. The van der Waals surface area contributed by atoms with Crippen LogP contribution in [0, 0.1) is 5.92 Å². The predicted molar refractivity (Wildman–Crippen MR) is 73.1 cm³/mol. The van der Waals surface area contributed by atoms with Gasteiger partial charge < -0.3 is 10.5 Å². The summed E-state index contributed by atoms with van der Waals surface area (Å²) in [5.41, 5.74) is 6.31. The molecule has 0 aromatic carbocycles. The number of ether oxygens (including phenoxy) is 1. The molecule has 2 unspecified atom stereocenters. The van der Waals surface area contributed by atoms with E-state index in [-0.39, 0.29) is 5.54 Å². The highest BCUT2D eigenvalue weighted by Gasteiger charge is 2.34. The zero-order valence-electron chi connectivity index (χ0n) is 12.0. The molecule has 1 rings (SSSR count). The summed E-state index contributed by atoms with van der Waals surface area (Å²) in [6, 6.07) is 0.657. The maximum absolute atomic E-state index is 6.38. The number of methoxy groups -OCH3 is 1. The fraction of sp³-hybridized carbons (Fsp3) is 1.00. The molecule has 17 heavy (non-hydrogen) atoms. The van der Waals surface area contributed by atoms with Gasteiger partial charge in [-0.2, -0.15) is 0 Å². The highest BCUT2D eigenvalue weighted by atomic mass is 16.5. The van der Waals surface area contributed by atoms with Gasteiger partial charge in [0.05, 0.1) is 6.61 Å². The molecule has 0 aromatic rings. The number of hydrogen-bond acceptors (Lipinski definition) is 3. The molecule has 2 atom stereocenters. The van der Waals surface area contributed by atoms with Gasteiger partial charge in [0.2, 0.25) is 0 Å². The molecule has 3 nitrogen and oxygen atoms in total. The average molecular weight is 242 g/mol. The van der Waals surface area contributed by atoms with E-state index in [0.717, 1.165) is 38.5 Å². The van der Waals surface area contributed by atoms with Crippen LogP contribution in [0.4, 0.5) is 0 Å². The molecular weight excluding hydrogens is 212 g/mol. The van der Waals surface area contributed by atoms with E-state index in [1.807, 2.05) is 0 Å². The molecular formula is C14H30N2O. The molecule has 1 saturated carbocycles. The van der Waals surface area contributed by atoms with E-state index in [9.17, 15) is 0 Å². The van der Waals surface area contributed by atoms with E-state index >= 15 is 0 Å². The third-order valence-electron chi connectivity index (χ3n) is 3.85. The van der Waals surface area contributed by atoms with E-state index in [1.54, 1.807) is 7.11 Å². The Kier molecular flexibility index (Phi) is 5.90. The Morgan fingerprint density at radius 2 is 2.12 bits per heavy atom. The lowest BCUT2D eigenvalue weighted by Crippen LogP contribution is -2.51. The molecule has 0 bridgehead atoms. The van der Waals surface area contributed by atoms with Crippen molar-refractivity contribution in [2.24, 2.45) is 11.7 Å². The minimum Gasteiger partial charge on any atom is -0.383 e. The molecule has 0 saturated heterocycles. The maximum Gasteiger partial charge on any atom is 0.0589 e. The van der Waals surface area contributed by atoms with Crippen LogP contribution < -0.4 is 5.73 Å². The summed E-state index contributed by atoms with van der Waals surface area (Å²) in [5.74, 6) is 0.893. The van der Waals surface area contributed by atoms with Crippen molar-refractivity contribution < 1.29 is 4.74 Å². The van der Waals surface area contributed by atoms with Gasteiger partial charge in [0.25, 0.3) is 0 Å². The molecule has 0 spiro atoms. The summed E-state index contributed by atoms with van der Waals surface area (Å²) in [6.45, 7) is 9.52. The molecule has 0 aliphatic heterocycles. The molecule has 1 aliphatic carbocycles. The normalized spacial score (nSPS) is 21.5. The van der Waals surface area contributed by atoms with Crippen LogP contribution in [0.3, 0.4) is 0 Å². The maximum atomic E-state index is 6.38. The van der Waals surface area contributed by atoms with Crippen LogP contribution in [0.25, 0.3) is 0 Å². The molecule has 0 heterocycles. The van der Waals surface area contributed by atoms with Gasteiger partial charge in [-0.3, -0.25) is 4.90 Å². The Bertz CT molecular complexity index is 214. The minimum absolute atomic E-state index is 0.0638. The Hall–Kier alpha value is -0.120. The molecule has 3 heteroatoms. The molecule has 0 aromatic heterocycles. The van der Waals surface area contributed by atoms with E-state index in [4.69, 9.17) is 10.5 Å². The van der Waals surface area contributed by atoms with Crippen molar-refractivity contribution in [3.05, 3.63) is 0 Å². The molecule has 0 radical (unpaired) electrons. The van der Waals surface area contributed by atoms with E-state index in [1.165, 1.54) is 12.8 Å². The summed E-state index contributed by atoms with van der Waals surface area (Å²) in [5, 5.41) is 0. The molecule has 0 amide bonds. The Labute approximate surface area is 107 Å². The van der Waals surface area contributed by atoms with Crippen molar-refractivity contribution >= 4 is 0 Å². The molecule has 2 N–H and O–H groups in total. The number of hydrogen-bond donors (Lipinski definition) is 1. The van der Waals surface area contributed by atoms with Gasteiger partial charge >= 0.3 is 0 Å². The summed E-state index contributed by atoms with van der Waals surface area (Å²) < 4.78 is 5.21. The smallest absolute Gasteiger partial charge is 0.0589 e. The van der Waals surface area contributed by atoms with E-state index < -0.39 is 0 Å². The second-order valence-electron chi connectivity index (χ2n) is 5.95. The van der Waals surface area contributed by atoms with Crippen molar-refractivity contribution in [3.63, 3.8) is 0 Å². The predicted octanol–water partition coefficient (Wildman–Crippen LogP) is 2.25. The van der Waals surface area contributed by atoms with Gasteiger partial charge in [0.1, 0.15) is 0 Å². The van der Waals surface area contributed by atoms with Gasteiger partial charge in [0.15, 0.2) is 0 Å². The van der Waals surface area contributed by atoms with Crippen molar-refractivity contribution in [2.45, 2.75) is 58.0 Å². The zero-order chi connectivity index (χ0) is 12.9. The lowest BCUT2D eigenvalue weighted by atomic mass is 9.95. The fourth-order valence-electron chi connectivity index (χ4n) is 2.63. The van der Waals surface area contributed by atoms with Crippen LogP contribution in [0.2, 0.25) is 0 Å². The highest BCUT2D eigenvalue weighted by molar-refractivity contribution is 4.90. The lowest BCUT2D eigenvalue weighted by Gasteiger charge is -2.36. The van der Waals surface area contributed by atoms with Crippen LogP contribution >= 0.6 is 0 Å². The minimum atomic E-state index is -0.0638. The van der Waals surface area contributed by atoms with Gasteiger partial charge in [-0.1, -0.05) is 13.3 Å². The topological polar surface area (TPSA) is 38.5 Å². The Morgan fingerprint density at radius 3 is 2.59 bits per heavy atom. The van der Waals surface area contributed by atoms with Crippen LogP contribution in [0.15, 0.2) is 0 Å². The van der Waals surface area contributed by atoms with Crippen molar-refractivity contribution in [2.75, 3.05) is 26.8 Å². The first-order valence-electron chi connectivity index (χ1n) is 7.02. The van der Waals surface area contributed by atoms with Gasteiger partial charge in [-0.25, -0.2) is 0 Å². The largest absolute Gasteiger partial charge is 0.383 e. The van der Waals surface area contributed by atoms with Crippen LogP contribution in [-0.2, 0) is 4.74 Å². The van der Waals surface area contributed by atoms with Crippen LogP contribution in [0.5, 0.6) is 0 Å². The number of rotatable bonds is 9. The summed E-state index contributed by atoms with van der Waals surface area (Å²) in [4.78, 5) is 2.52. The van der Waals surface area contributed by atoms with E-state index in [2.05, 4.69) is 25.7 Å². The Morgan fingerprint density at radius 1 is 1.47 bits per heavy atom. The second-order valence-corrected chi connectivity index (χ2v) is 5.95. The monoisotopic (exact) mass is 242 g/mol. The summed E-state index contributed by atoms with van der Waals surface area (Å²) >= 11 is 0. The molecule has 102 valence electrons. The van der Waals surface area contributed by atoms with Crippen molar-refractivity contribution in [1.82, 2.24) is 4.90 Å².